The van der Waals surface area contributed by atoms with Crippen LogP contribution in [0, 0.1) is 11.7 Å². The number of aliphatic hydroxyl groups is 1. The maximum Gasteiger partial charge on any atom is 0.241 e. The van der Waals surface area contributed by atoms with Gasteiger partial charge in [-0.2, -0.15) is 0 Å². The summed E-state index contributed by atoms with van der Waals surface area (Å²) in [7, 11) is 1.51. The van der Waals surface area contributed by atoms with Gasteiger partial charge in [-0.25, -0.2) is 4.39 Å². The van der Waals surface area contributed by atoms with Crippen molar-refractivity contribution in [3.05, 3.63) is 35.6 Å². The lowest BCUT2D eigenvalue weighted by Crippen LogP contribution is -2.51. The van der Waals surface area contributed by atoms with Gasteiger partial charge in [0.05, 0.1) is 18.7 Å². The Bertz CT molecular complexity index is 653. The van der Waals surface area contributed by atoms with Crippen molar-refractivity contribution < 1.29 is 19.1 Å². The van der Waals surface area contributed by atoms with E-state index in [1.807, 2.05) is 13.8 Å². The van der Waals surface area contributed by atoms with Crippen LogP contribution >= 0.6 is 0 Å². The molecule has 0 aromatic heterocycles. The van der Waals surface area contributed by atoms with Gasteiger partial charge < -0.3 is 15.7 Å². The van der Waals surface area contributed by atoms with Crippen molar-refractivity contribution >= 4 is 11.8 Å². The van der Waals surface area contributed by atoms with Crippen LogP contribution in [0.5, 0.6) is 0 Å². The Morgan fingerprint density at radius 1 is 1.33 bits per heavy atom. The number of carbonyl (C=O) groups excluding carboxylic acids is 2. The molecule has 2 amide bonds. The van der Waals surface area contributed by atoms with Gasteiger partial charge in [0.25, 0.3) is 0 Å². The number of aliphatic hydroxyl groups excluding tert-OH is 1. The smallest absolute Gasteiger partial charge is 0.241 e. The molecule has 1 saturated heterocycles. The third kappa shape index (κ3) is 5.26. The molecule has 3 unspecified atom stereocenters. The van der Waals surface area contributed by atoms with Gasteiger partial charge in [0.15, 0.2) is 0 Å². The van der Waals surface area contributed by atoms with Crippen LogP contribution in [0.2, 0.25) is 0 Å². The second kappa shape index (κ2) is 9.80. The normalized spacial score (nSPS) is 19.7. The van der Waals surface area contributed by atoms with E-state index >= 15 is 0 Å². The first-order valence-electron chi connectivity index (χ1n) is 9.52. The van der Waals surface area contributed by atoms with Gasteiger partial charge >= 0.3 is 0 Å². The number of nitrogens with zero attached hydrogens (tertiary/aromatic N) is 1. The molecular weight excluding hydrogens is 349 g/mol. The maximum absolute atomic E-state index is 14.4. The molecule has 3 N–H and O–H groups in total. The minimum Gasteiger partial charge on any atom is -0.394 e. The van der Waals surface area contributed by atoms with Crippen LogP contribution in [0.1, 0.15) is 44.7 Å². The molecular formula is C20H30FN3O3. The fourth-order valence-corrected chi connectivity index (χ4v) is 3.73. The summed E-state index contributed by atoms with van der Waals surface area (Å²) >= 11 is 0. The fourth-order valence-electron chi connectivity index (χ4n) is 3.73. The monoisotopic (exact) mass is 379 g/mol. The first-order valence-corrected chi connectivity index (χ1v) is 9.52. The molecule has 1 aromatic carbocycles. The highest BCUT2D eigenvalue weighted by Crippen LogP contribution is 2.31. The summed E-state index contributed by atoms with van der Waals surface area (Å²) in [5.41, 5.74) is 0.262. The van der Waals surface area contributed by atoms with Crippen molar-refractivity contribution in [3.63, 3.8) is 0 Å². The predicted octanol–water partition coefficient (Wildman–Crippen LogP) is 1.60. The number of amides is 2. The first-order chi connectivity index (χ1) is 12.9. The van der Waals surface area contributed by atoms with Crippen LogP contribution in [-0.4, -0.2) is 54.1 Å². The summed E-state index contributed by atoms with van der Waals surface area (Å²) in [4.78, 5) is 27.2. The van der Waals surface area contributed by atoms with Gasteiger partial charge in [0, 0.05) is 19.2 Å². The highest BCUT2D eigenvalue weighted by Gasteiger charge is 2.40. The van der Waals surface area contributed by atoms with Crippen molar-refractivity contribution in [1.29, 1.82) is 0 Å². The number of halogens is 1. The van der Waals surface area contributed by atoms with Crippen LogP contribution in [0.15, 0.2) is 24.3 Å². The molecule has 0 aliphatic carbocycles. The molecule has 150 valence electrons. The van der Waals surface area contributed by atoms with Crippen molar-refractivity contribution in [2.45, 2.75) is 51.2 Å². The summed E-state index contributed by atoms with van der Waals surface area (Å²) in [6, 6.07) is 4.43. The van der Waals surface area contributed by atoms with E-state index in [1.54, 1.807) is 23.1 Å². The molecule has 1 fully saturated rings. The molecule has 1 aromatic rings. The number of likely N-dealkylation sites (tertiary alicyclic amines) is 1. The van der Waals surface area contributed by atoms with Crippen LogP contribution in [0.25, 0.3) is 0 Å². The van der Waals surface area contributed by atoms with Crippen molar-refractivity contribution in [2.75, 3.05) is 20.2 Å². The van der Waals surface area contributed by atoms with Gasteiger partial charge in [-0.15, -0.1) is 0 Å². The van der Waals surface area contributed by atoms with E-state index in [9.17, 15) is 19.1 Å². The summed E-state index contributed by atoms with van der Waals surface area (Å²) in [5.74, 6) is -0.706. The Balaban J connectivity index is 2.24. The molecule has 1 aliphatic heterocycles. The molecule has 0 radical (unpaired) electrons. The summed E-state index contributed by atoms with van der Waals surface area (Å²) in [6.07, 6.45) is 2.00. The minimum atomic E-state index is -0.868. The van der Waals surface area contributed by atoms with E-state index < -0.39 is 17.9 Å². The third-order valence-electron chi connectivity index (χ3n) is 4.95. The van der Waals surface area contributed by atoms with E-state index in [-0.39, 0.29) is 30.0 Å². The highest BCUT2D eigenvalue weighted by molar-refractivity contribution is 5.86. The summed E-state index contributed by atoms with van der Waals surface area (Å²) < 4.78 is 14.4. The Labute approximate surface area is 160 Å². The number of carbonyl (C=O) groups is 2. The van der Waals surface area contributed by atoms with Crippen molar-refractivity contribution in [1.82, 2.24) is 15.5 Å². The Hall–Kier alpha value is -1.99. The van der Waals surface area contributed by atoms with E-state index in [4.69, 9.17) is 0 Å². The quantitative estimate of drug-likeness (QED) is 0.641. The Kier molecular flexibility index (Phi) is 7.74. The molecule has 2 rings (SSSR count). The van der Waals surface area contributed by atoms with Crippen molar-refractivity contribution in [3.8, 4) is 0 Å². The number of likely N-dealkylation sites (N-methyl/N-ethyl adjacent to an activating group) is 1. The van der Waals surface area contributed by atoms with Gasteiger partial charge in [-0.3, -0.25) is 14.5 Å². The number of hydrogen-bond acceptors (Lipinski definition) is 4. The first kappa shape index (κ1) is 21.3. The van der Waals surface area contributed by atoms with E-state index in [0.717, 1.165) is 6.42 Å². The van der Waals surface area contributed by atoms with Gasteiger partial charge in [-0.1, -0.05) is 32.0 Å². The topological polar surface area (TPSA) is 81.7 Å². The molecule has 0 saturated carbocycles. The molecule has 7 heteroatoms. The van der Waals surface area contributed by atoms with E-state index in [1.165, 1.54) is 13.1 Å². The lowest BCUT2D eigenvalue weighted by molar-refractivity contribution is -0.131. The Morgan fingerprint density at radius 3 is 2.63 bits per heavy atom. The summed E-state index contributed by atoms with van der Waals surface area (Å²) in [5, 5.41) is 15.0. The average molecular weight is 379 g/mol. The Morgan fingerprint density at radius 2 is 2.04 bits per heavy atom. The van der Waals surface area contributed by atoms with E-state index in [2.05, 4.69) is 10.6 Å². The largest absolute Gasteiger partial charge is 0.394 e. The lowest BCUT2D eigenvalue weighted by Gasteiger charge is -2.32. The average Bonchev–Trinajstić information content (AvgIpc) is 3.11. The maximum atomic E-state index is 14.4. The molecule has 3 atom stereocenters. The second-order valence-electron chi connectivity index (χ2n) is 7.45. The zero-order valence-corrected chi connectivity index (χ0v) is 16.2. The predicted molar refractivity (Wildman–Crippen MR) is 101 cm³/mol. The van der Waals surface area contributed by atoms with Gasteiger partial charge in [0.2, 0.25) is 11.8 Å². The van der Waals surface area contributed by atoms with Gasteiger partial charge in [-0.05, 0) is 31.2 Å². The molecule has 0 spiro atoms. The van der Waals surface area contributed by atoms with Crippen LogP contribution in [-0.2, 0) is 9.59 Å². The molecule has 0 bridgehead atoms. The molecule has 6 nitrogen and oxygen atoms in total. The van der Waals surface area contributed by atoms with Crippen LogP contribution in [0.4, 0.5) is 4.39 Å². The highest BCUT2D eigenvalue weighted by atomic mass is 19.1. The standard InChI is InChI=1S/C20H30FN3O3/c1-13(2)11-14(12-25)23-19(26)17-9-6-10-24(17)18(20(27)22-3)15-7-4-5-8-16(15)21/h4-5,7-8,13-14,17-18,25H,6,9-12H2,1-3H3,(H,22,27)(H,23,26). The van der Waals surface area contributed by atoms with E-state index in [0.29, 0.717) is 25.3 Å². The molecule has 27 heavy (non-hydrogen) atoms. The lowest BCUT2D eigenvalue weighted by atomic mass is 10.0. The number of rotatable bonds is 8. The summed E-state index contributed by atoms with van der Waals surface area (Å²) in [6.45, 7) is 4.44. The second-order valence-corrected chi connectivity index (χ2v) is 7.45. The third-order valence-corrected chi connectivity index (χ3v) is 4.95. The zero-order valence-electron chi connectivity index (χ0n) is 16.2. The fraction of sp³-hybridized carbons (Fsp3) is 0.600. The van der Waals surface area contributed by atoms with Crippen LogP contribution < -0.4 is 10.6 Å². The number of benzene rings is 1. The SMILES string of the molecule is CNC(=O)C(c1ccccc1F)N1CCCC1C(=O)NC(CO)CC(C)C. The molecule has 1 aliphatic rings. The molecule has 1 heterocycles. The number of hydrogen-bond donors (Lipinski definition) is 3. The van der Waals surface area contributed by atoms with Gasteiger partial charge in [0.1, 0.15) is 11.9 Å². The van der Waals surface area contributed by atoms with Crippen molar-refractivity contribution in [2.24, 2.45) is 5.92 Å². The number of nitrogens with one attached hydrogen (secondary N) is 2. The zero-order chi connectivity index (χ0) is 20.0. The minimum absolute atomic E-state index is 0.136. The van der Waals surface area contributed by atoms with Crippen LogP contribution in [0.3, 0.4) is 0 Å².